The standard InChI is InChI=1S/C20H15N5O3/c1-12-17-18(14-9-5-6-10-16(14)25(26)27)15(11-21)19(22)28-20(17)24(23-12)13-7-3-2-4-8-13/h2-10,18H,22H2,1H3/t18-/m0/s1. The number of fused-ring (bicyclic) bond motifs is 1. The quantitative estimate of drug-likeness (QED) is 0.555. The zero-order valence-corrected chi connectivity index (χ0v) is 14.9. The number of nitrogens with zero attached hydrogens (tertiary/aromatic N) is 4. The van der Waals surface area contributed by atoms with Gasteiger partial charge in [0.05, 0.1) is 27.8 Å². The van der Waals surface area contributed by atoms with Crippen molar-refractivity contribution in [2.75, 3.05) is 0 Å². The van der Waals surface area contributed by atoms with E-state index < -0.39 is 10.8 Å². The van der Waals surface area contributed by atoms with Crippen molar-refractivity contribution in [3.63, 3.8) is 0 Å². The molecule has 0 radical (unpaired) electrons. The lowest BCUT2D eigenvalue weighted by Gasteiger charge is -2.24. The largest absolute Gasteiger partial charge is 0.422 e. The van der Waals surface area contributed by atoms with Gasteiger partial charge in [0.15, 0.2) is 0 Å². The van der Waals surface area contributed by atoms with Gasteiger partial charge in [-0.25, -0.2) is 4.68 Å². The molecule has 28 heavy (non-hydrogen) atoms. The average Bonchev–Trinajstić information content (AvgIpc) is 3.03. The first-order chi connectivity index (χ1) is 13.5. The Morgan fingerprint density at radius 3 is 2.57 bits per heavy atom. The number of allylic oxidation sites excluding steroid dienone is 1. The van der Waals surface area contributed by atoms with E-state index in [1.807, 2.05) is 30.3 Å². The normalized spacial score (nSPS) is 15.5. The number of nitro benzene ring substituents is 1. The van der Waals surface area contributed by atoms with Crippen LogP contribution in [0.15, 0.2) is 66.1 Å². The minimum atomic E-state index is -0.743. The first-order valence-electron chi connectivity index (χ1n) is 8.48. The van der Waals surface area contributed by atoms with Gasteiger partial charge < -0.3 is 10.5 Å². The topological polar surface area (TPSA) is 120 Å². The highest BCUT2D eigenvalue weighted by molar-refractivity contribution is 5.61. The molecule has 0 amide bonds. The van der Waals surface area contributed by atoms with Crippen molar-refractivity contribution in [3.8, 4) is 17.6 Å². The van der Waals surface area contributed by atoms with Crippen LogP contribution >= 0.6 is 0 Å². The maximum atomic E-state index is 11.6. The fourth-order valence-corrected chi connectivity index (χ4v) is 3.47. The molecular formula is C20H15N5O3. The van der Waals surface area contributed by atoms with Gasteiger partial charge in [-0.2, -0.15) is 10.4 Å². The molecular weight excluding hydrogens is 358 g/mol. The number of rotatable bonds is 3. The highest BCUT2D eigenvalue weighted by atomic mass is 16.6. The number of aromatic nitrogens is 2. The van der Waals surface area contributed by atoms with Crippen LogP contribution in [0.5, 0.6) is 5.88 Å². The number of hydrogen-bond donors (Lipinski definition) is 1. The first kappa shape index (κ1) is 17.3. The summed E-state index contributed by atoms with van der Waals surface area (Å²) in [5, 5.41) is 25.8. The van der Waals surface area contributed by atoms with E-state index in [4.69, 9.17) is 10.5 Å². The minimum Gasteiger partial charge on any atom is -0.422 e. The number of aryl methyl sites for hydroxylation is 1. The van der Waals surface area contributed by atoms with Gasteiger partial charge in [0.25, 0.3) is 5.69 Å². The van der Waals surface area contributed by atoms with Crippen molar-refractivity contribution in [3.05, 3.63) is 93.0 Å². The molecule has 1 aliphatic rings. The van der Waals surface area contributed by atoms with Crippen molar-refractivity contribution in [2.45, 2.75) is 12.8 Å². The van der Waals surface area contributed by atoms with E-state index in [9.17, 15) is 15.4 Å². The van der Waals surface area contributed by atoms with Gasteiger partial charge in [-0.3, -0.25) is 10.1 Å². The number of nitrogens with two attached hydrogens (primary N) is 1. The minimum absolute atomic E-state index is 0.0877. The van der Waals surface area contributed by atoms with E-state index in [0.717, 1.165) is 5.69 Å². The van der Waals surface area contributed by atoms with Crippen LogP contribution in [0.2, 0.25) is 0 Å². The average molecular weight is 373 g/mol. The highest BCUT2D eigenvalue weighted by Gasteiger charge is 2.38. The number of nitriles is 1. The van der Waals surface area contributed by atoms with Gasteiger partial charge >= 0.3 is 0 Å². The SMILES string of the molecule is Cc1nn(-c2ccccc2)c2c1[C@@H](c1ccccc1[N+](=O)[O-])C(C#N)=C(N)O2. The lowest BCUT2D eigenvalue weighted by atomic mass is 9.83. The summed E-state index contributed by atoms with van der Waals surface area (Å²) in [6.07, 6.45) is 0. The van der Waals surface area contributed by atoms with Gasteiger partial charge in [-0.15, -0.1) is 0 Å². The zero-order chi connectivity index (χ0) is 19.8. The Bertz CT molecular complexity index is 1160. The Morgan fingerprint density at radius 1 is 1.21 bits per heavy atom. The molecule has 0 saturated carbocycles. The van der Waals surface area contributed by atoms with Gasteiger partial charge in [0, 0.05) is 11.6 Å². The second-order valence-electron chi connectivity index (χ2n) is 6.29. The fraction of sp³-hybridized carbons (Fsp3) is 0.100. The van der Waals surface area contributed by atoms with Crippen LogP contribution in [0.3, 0.4) is 0 Å². The van der Waals surface area contributed by atoms with E-state index in [0.29, 0.717) is 22.7 Å². The Morgan fingerprint density at radius 2 is 1.89 bits per heavy atom. The predicted octanol–water partition coefficient (Wildman–Crippen LogP) is 3.31. The summed E-state index contributed by atoms with van der Waals surface area (Å²) in [5.41, 5.74) is 8.38. The molecule has 0 fully saturated rings. The van der Waals surface area contributed by atoms with Crippen LogP contribution in [0, 0.1) is 28.4 Å². The fourth-order valence-electron chi connectivity index (χ4n) is 3.47. The predicted molar refractivity (Wildman–Crippen MR) is 101 cm³/mol. The van der Waals surface area contributed by atoms with E-state index in [1.54, 1.807) is 29.8 Å². The van der Waals surface area contributed by atoms with E-state index >= 15 is 0 Å². The molecule has 0 saturated heterocycles. The van der Waals surface area contributed by atoms with Crippen LogP contribution in [0.1, 0.15) is 22.7 Å². The Balaban J connectivity index is 2.01. The van der Waals surface area contributed by atoms with Crippen LogP contribution in [-0.4, -0.2) is 14.7 Å². The van der Waals surface area contributed by atoms with E-state index in [1.165, 1.54) is 6.07 Å². The lowest BCUT2D eigenvalue weighted by molar-refractivity contribution is -0.385. The Hall–Kier alpha value is -4.12. The third-order valence-corrected chi connectivity index (χ3v) is 4.68. The Labute approximate surface area is 160 Å². The van der Waals surface area contributed by atoms with Crippen molar-refractivity contribution in [2.24, 2.45) is 5.73 Å². The molecule has 0 unspecified atom stereocenters. The van der Waals surface area contributed by atoms with Gasteiger partial charge in [0.2, 0.25) is 11.8 Å². The number of para-hydroxylation sites is 2. The number of benzene rings is 2. The maximum absolute atomic E-state index is 11.6. The molecule has 2 N–H and O–H groups in total. The molecule has 1 aromatic heterocycles. The summed E-state index contributed by atoms with van der Waals surface area (Å²) in [6, 6.07) is 17.7. The second kappa shape index (κ2) is 6.55. The van der Waals surface area contributed by atoms with Crippen LogP contribution in [-0.2, 0) is 0 Å². The third kappa shape index (κ3) is 2.57. The summed E-state index contributed by atoms with van der Waals surface area (Å²) < 4.78 is 7.35. The van der Waals surface area contributed by atoms with Crippen molar-refractivity contribution in [1.82, 2.24) is 9.78 Å². The highest BCUT2D eigenvalue weighted by Crippen LogP contribution is 2.46. The summed E-state index contributed by atoms with van der Waals surface area (Å²) in [5.74, 6) is -0.480. The van der Waals surface area contributed by atoms with Crippen molar-refractivity contribution >= 4 is 5.69 Å². The lowest BCUT2D eigenvalue weighted by Crippen LogP contribution is -2.22. The summed E-state index contributed by atoms with van der Waals surface area (Å²) in [4.78, 5) is 11.1. The molecule has 2 heterocycles. The number of hydrogen-bond acceptors (Lipinski definition) is 6. The first-order valence-corrected chi connectivity index (χ1v) is 8.48. The van der Waals surface area contributed by atoms with Crippen LogP contribution in [0.4, 0.5) is 5.69 Å². The third-order valence-electron chi connectivity index (χ3n) is 4.68. The molecule has 1 aliphatic heterocycles. The smallest absolute Gasteiger partial charge is 0.273 e. The van der Waals surface area contributed by atoms with Crippen molar-refractivity contribution < 1.29 is 9.66 Å². The Kier molecular flexibility index (Phi) is 4.05. The maximum Gasteiger partial charge on any atom is 0.273 e. The molecule has 2 aromatic carbocycles. The van der Waals surface area contributed by atoms with Gasteiger partial charge in [-0.05, 0) is 19.1 Å². The monoisotopic (exact) mass is 373 g/mol. The molecule has 0 bridgehead atoms. The van der Waals surface area contributed by atoms with Gasteiger partial charge in [-0.1, -0.05) is 36.4 Å². The van der Waals surface area contributed by atoms with E-state index in [-0.39, 0.29) is 17.1 Å². The van der Waals surface area contributed by atoms with Crippen LogP contribution < -0.4 is 10.5 Å². The molecule has 8 heteroatoms. The molecule has 1 atom stereocenters. The zero-order valence-electron chi connectivity index (χ0n) is 14.9. The molecule has 3 aromatic rings. The molecule has 8 nitrogen and oxygen atoms in total. The molecule has 138 valence electrons. The van der Waals surface area contributed by atoms with E-state index in [2.05, 4.69) is 11.2 Å². The summed E-state index contributed by atoms with van der Waals surface area (Å²) in [7, 11) is 0. The molecule has 0 spiro atoms. The van der Waals surface area contributed by atoms with Crippen molar-refractivity contribution in [1.29, 1.82) is 5.26 Å². The van der Waals surface area contributed by atoms with Crippen LogP contribution in [0.25, 0.3) is 5.69 Å². The van der Waals surface area contributed by atoms with Gasteiger partial charge in [0.1, 0.15) is 11.6 Å². The number of ether oxygens (including phenoxy) is 1. The summed E-state index contributed by atoms with van der Waals surface area (Å²) >= 11 is 0. The number of nitro groups is 1. The summed E-state index contributed by atoms with van der Waals surface area (Å²) in [6.45, 7) is 1.78. The second-order valence-corrected chi connectivity index (χ2v) is 6.29. The molecule has 0 aliphatic carbocycles. The molecule has 4 rings (SSSR count).